The minimum Gasteiger partial charge on any atom is -0.332 e. The van der Waals surface area contributed by atoms with E-state index in [4.69, 9.17) is 16.7 Å². The van der Waals surface area contributed by atoms with Crippen molar-refractivity contribution in [2.24, 2.45) is 15.5 Å². The van der Waals surface area contributed by atoms with Crippen molar-refractivity contribution in [2.45, 2.75) is 58.9 Å². The Bertz CT molecular complexity index is 881. The van der Waals surface area contributed by atoms with Gasteiger partial charge in [-0.05, 0) is 43.2 Å². The van der Waals surface area contributed by atoms with Gasteiger partial charge in [0, 0.05) is 30.1 Å². The predicted molar refractivity (Wildman–Crippen MR) is 124 cm³/mol. The number of rotatable bonds is 5. The fourth-order valence-corrected chi connectivity index (χ4v) is 4.05. The topological polar surface area (TPSA) is 84.1 Å². The van der Waals surface area contributed by atoms with Gasteiger partial charge in [-0.3, -0.25) is 15.1 Å². The number of amides is 1. The SMILES string of the molecule is CC(C)(C)CCCN=C(NC#N)N1CC(N2CCCCC2=O)C(c2ccc(Cl)cc2)=N1. The van der Waals surface area contributed by atoms with Crippen molar-refractivity contribution in [3.05, 3.63) is 34.9 Å². The van der Waals surface area contributed by atoms with Gasteiger partial charge in [-0.1, -0.05) is 44.5 Å². The highest BCUT2D eigenvalue weighted by Crippen LogP contribution is 2.25. The van der Waals surface area contributed by atoms with E-state index in [0.717, 1.165) is 37.0 Å². The van der Waals surface area contributed by atoms with Crippen LogP contribution >= 0.6 is 11.6 Å². The quantitative estimate of drug-likeness (QED) is 0.245. The number of aliphatic imine (C=N–C) groups is 1. The second-order valence-corrected chi connectivity index (χ2v) is 9.68. The van der Waals surface area contributed by atoms with E-state index in [0.29, 0.717) is 37.0 Å². The van der Waals surface area contributed by atoms with Gasteiger partial charge in [-0.25, -0.2) is 5.01 Å². The molecule has 1 unspecified atom stereocenters. The smallest absolute Gasteiger partial charge is 0.228 e. The molecule has 8 heteroatoms. The van der Waals surface area contributed by atoms with Crippen molar-refractivity contribution in [3.8, 4) is 6.19 Å². The summed E-state index contributed by atoms with van der Waals surface area (Å²) in [6.07, 6.45) is 6.42. The third-order valence-corrected chi connectivity index (χ3v) is 5.78. The van der Waals surface area contributed by atoms with E-state index >= 15 is 0 Å². The Morgan fingerprint density at radius 1 is 1.32 bits per heavy atom. The van der Waals surface area contributed by atoms with E-state index < -0.39 is 0 Å². The Morgan fingerprint density at radius 2 is 2.06 bits per heavy atom. The van der Waals surface area contributed by atoms with Crippen molar-refractivity contribution in [1.82, 2.24) is 15.2 Å². The molecule has 0 bridgehead atoms. The zero-order valence-electron chi connectivity index (χ0n) is 18.6. The van der Waals surface area contributed by atoms with Gasteiger partial charge in [0.1, 0.15) is 0 Å². The van der Waals surface area contributed by atoms with E-state index in [-0.39, 0.29) is 17.4 Å². The zero-order chi connectivity index (χ0) is 22.4. The van der Waals surface area contributed by atoms with E-state index in [9.17, 15) is 10.1 Å². The normalized spacial score (nSPS) is 20.0. The van der Waals surface area contributed by atoms with Gasteiger partial charge in [-0.15, -0.1) is 0 Å². The second kappa shape index (κ2) is 10.1. The van der Waals surface area contributed by atoms with Gasteiger partial charge < -0.3 is 4.90 Å². The molecule has 1 amide bonds. The van der Waals surface area contributed by atoms with Crippen molar-refractivity contribution >= 4 is 29.2 Å². The number of benzene rings is 1. The van der Waals surface area contributed by atoms with Gasteiger partial charge >= 0.3 is 0 Å². The summed E-state index contributed by atoms with van der Waals surface area (Å²) in [6.45, 7) is 8.40. The molecule has 1 atom stereocenters. The van der Waals surface area contributed by atoms with Crippen molar-refractivity contribution in [1.29, 1.82) is 5.26 Å². The van der Waals surface area contributed by atoms with Crippen LogP contribution in [0.4, 0.5) is 0 Å². The molecular weight excluding hydrogens is 412 g/mol. The maximum Gasteiger partial charge on any atom is 0.228 e. The Balaban J connectivity index is 1.85. The summed E-state index contributed by atoms with van der Waals surface area (Å²) in [5.74, 6) is 0.575. The summed E-state index contributed by atoms with van der Waals surface area (Å²) < 4.78 is 0. The van der Waals surface area contributed by atoms with Gasteiger partial charge in [0.05, 0.1) is 18.3 Å². The first-order valence-corrected chi connectivity index (χ1v) is 11.3. The molecule has 166 valence electrons. The molecule has 2 heterocycles. The van der Waals surface area contributed by atoms with Crippen LogP contribution in [0.1, 0.15) is 58.4 Å². The average molecular weight is 443 g/mol. The maximum atomic E-state index is 12.7. The van der Waals surface area contributed by atoms with Crippen LogP contribution in [0.2, 0.25) is 5.02 Å². The molecule has 0 spiro atoms. The number of nitrogens with zero attached hydrogens (tertiary/aromatic N) is 5. The van der Waals surface area contributed by atoms with Crippen LogP contribution in [0.3, 0.4) is 0 Å². The van der Waals surface area contributed by atoms with E-state index in [1.54, 1.807) is 5.01 Å². The van der Waals surface area contributed by atoms with Crippen molar-refractivity contribution in [2.75, 3.05) is 19.6 Å². The van der Waals surface area contributed by atoms with Gasteiger partial charge in [-0.2, -0.15) is 10.4 Å². The third-order valence-electron chi connectivity index (χ3n) is 5.52. The molecule has 1 fully saturated rings. The van der Waals surface area contributed by atoms with Crippen LogP contribution < -0.4 is 5.32 Å². The van der Waals surface area contributed by atoms with Gasteiger partial charge in [0.15, 0.2) is 6.19 Å². The first-order valence-electron chi connectivity index (χ1n) is 10.9. The number of carbonyl (C=O) groups excluding carboxylic acids is 1. The van der Waals surface area contributed by atoms with Crippen LogP contribution in [-0.4, -0.2) is 53.2 Å². The molecule has 7 nitrogen and oxygen atoms in total. The molecular formula is C23H31ClN6O. The van der Waals surface area contributed by atoms with E-state index in [2.05, 4.69) is 31.1 Å². The number of halogens is 1. The molecule has 0 radical (unpaired) electrons. The molecule has 2 aliphatic heterocycles. The largest absolute Gasteiger partial charge is 0.332 e. The molecule has 1 aromatic carbocycles. The van der Waals surface area contributed by atoms with Crippen molar-refractivity contribution < 1.29 is 4.79 Å². The summed E-state index contributed by atoms with van der Waals surface area (Å²) >= 11 is 6.07. The Kier molecular flexibility index (Phi) is 7.55. The first kappa shape index (κ1) is 23.1. The molecule has 0 aromatic heterocycles. The zero-order valence-corrected chi connectivity index (χ0v) is 19.3. The minimum atomic E-state index is -0.186. The standard InChI is InChI=1S/C23H31ClN6O/c1-23(2,3)12-6-13-26-22(27-16-25)30-15-19(29-14-5-4-7-20(29)31)21(28-30)17-8-10-18(24)11-9-17/h8-11,19H,4-7,12-15H2,1-3H3,(H,26,27). The molecule has 2 aliphatic rings. The number of piperidine rings is 1. The van der Waals surface area contributed by atoms with Crippen LogP contribution in [0.25, 0.3) is 0 Å². The lowest BCUT2D eigenvalue weighted by molar-refractivity contribution is -0.134. The number of nitrogens with one attached hydrogen (secondary N) is 1. The number of carbonyl (C=O) groups is 1. The Labute approximate surface area is 189 Å². The van der Waals surface area contributed by atoms with Gasteiger partial charge in [0.2, 0.25) is 11.9 Å². The summed E-state index contributed by atoms with van der Waals surface area (Å²) in [6, 6.07) is 7.31. The highest BCUT2D eigenvalue weighted by atomic mass is 35.5. The number of hydrogen-bond acceptors (Lipinski definition) is 4. The van der Waals surface area contributed by atoms with Crippen LogP contribution in [-0.2, 0) is 4.79 Å². The van der Waals surface area contributed by atoms with Crippen LogP contribution in [0.5, 0.6) is 0 Å². The van der Waals surface area contributed by atoms with Crippen molar-refractivity contribution in [3.63, 3.8) is 0 Å². The van der Waals surface area contributed by atoms with E-state index in [1.165, 1.54) is 0 Å². The number of likely N-dealkylation sites (tertiary alicyclic amines) is 1. The monoisotopic (exact) mass is 442 g/mol. The molecule has 0 saturated carbocycles. The highest BCUT2D eigenvalue weighted by molar-refractivity contribution is 6.30. The Hall–Kier alpha value is -2.59. The molecule has 0 aliphatic carbocycles. The average Bonchev–Trinajstić information content (AvgIpc) is 3.15. The lowest BCUT2D eigenvalue weighted by Gasteiger charge is -2.33. The van der Waals surface area contributed by atoms with Crippen LogP contribution in [0, 0.1) is 16.9 Å². The predicted octanol–water partition coefficient (Wildman–Crippen LogP) is 3.99. The second-order valence-electron chi connectivity index (χ2n) is 9.24. The van der Waals surface area contributed by atoms with Crippen LogP contribution in [0.15, 0.2) is 34.4 Å². The number of hydrogen-bond donors (Lipinski definition) is 1. The molecule has 1 N–H and O–H groups in total. The number of guanidine groups is 1. The molecule has 31 heavy (non-hydrogen) atoms. The number of nitriles is 1. The first-order chi connectivity index (χ1) is 14.8. The Morgan fingerprint density at radius 3 is 2.71 bits per heavy atom. The summed E-state index contributed by atoms with van der Waals surface area (Å²) in [5.41, 5.74) is 1.96. The summed E-state index contributed by atoms with van der Waals surface area (Å²) in [5, 5.41) is 19.1. The molecule has 1 saturated heterocycles. The summed E-state index contributed by atoms with van der Waals surface area (Å²) in [7, 11) is 0. The fourth-order valence-electron chi connectivity index (χ4n) is 3.92. The molecule has 3 rings (SSSR count). The fraction of sp³-hybridized carbons (Fsp3) is 0.565. The summed E-state index contributed by atoms with van der Waals surface area (Å²) in [4.78, 5) is 19.2. The lowest BCUT2D eigenvalue weighted by atomic mass is 9.91. The molecule has 1 aromatic rings. The maximum absolute atomic E-state index is 12.7. The van der Waals surface area contributed by atoms with E-state index in [1.807, 2.05) is 35.4 Å². The highest BCUT2D eigenvalue weighted by Gasteiger charge is 2.37. The minimum absolute atomic E-state index is 0.150. The number of hydrazone groups is 1. The van der Waals surface area contributed by atoms with Gasteiger partial charge in [0.25, 0.3) is 0 Å². The third kappa shape index (κ3) is 6.20. The lowest BCUT2D eigenvalue weighted by Crippen LogP contribution is -2.49.